The highest BCUT2D eigenvalue weighted by Gasteiger charge is 2.19. The molecular formula is C18H22N4OS. The minimum Gasteiger partial charge on any atom is -0.370 e. The smallest absolute Gasteiger partial charge is 0.244 e. The summed E-state index contributed by atoms with van der Waals surface area (Å²) in [5.41, 5.74) is 8.40. The fraction of sp³-hybridized carbons (Fsp3) is 0.333. The highest BCUT2D eigenvalue weighted by Crippen LogP contribution is 2.18. The van der Waals surface area contributed by atoms with Crippen LogP contribution in [0.1, 0.15) is 16.0 Å². The molecule has 0 saturated heterocycles. The molecule has 2 heterocycles. The molecule has 0 fully saturated rings. The molecule has 0 unspecified atom stereocenters. The molecular weight excluding hydrogens is 320 g/mol. The number of guanidine groups is 1. The Morgan fingerprint density at radius 3 is 2.88 bits per heavy atom. The predicted octanol–water partition coefficient (Wildman–Crippen LogP) is 1.78. The number of nitrogens with two attached hydrogens (primary N) is 1. The monoisotopic (exact) mass is 342 g/mol. The fourth-order valence-electron chi connectivity index (χ4n) is 2.79. The van der Waals surface area contributed by atoms with Crippen molar-refractivity contribution in [2.24, 2.45) is 10.7 Å². The third-order valence-electron chi connectivity index (χ3n) is 4.13. The summed E-state index contributed by atoms with van der Waals surface area (Å²) in [5, 5.41) is 5.12. The van der Waals surface area contributed by atoms with Gasteiger partial charge < -0.3 is 16.0 Å². The number of benzene rings is 1. The molecule has 1 aromatic carbocycles. The van der Waals surface area contributed by atoms with E-state index in [9.17, 15) is 4.79 Å². The Morgan fingerprint density at radius 1 is 1.25 bits per heavy atom. The van der Waals surface area contributed by atoms with Gasteiger partial charge in [-0.3, -0.25) is 4.79 Å². The number of nitrogens with zero attached hydrogens (tertiary/aromatic N) is 2. The van der Waals surface area contributed by atoms with E-state index < -0.39 is 0 Å². The second-order valence-electron chi connectivity index (χ2n) is 5.79. The molecule has 0 bridgehead atoms. The number of aliphatic imine (C=N–C) groups is 1. The number of carbonyl (C=O) groups excluding carboxylic acids is 1. The number of carbonyl (C=O) groups is 1. The molecule has 126 valence electrons. The van der Waals surface area contributed by atoms with Gasteiger partial charge in [-0.15, -0.1) is 11.3 Å². The van der Waals surface area contributed by atoms with Gasteiger partial charge in [-0.2, -0.15) is 0 Å². The van der Waals surface area contributed by atoms with Gasteiger partial charge in [-0.25, -0.2) is 4.99 Å². The lowest BCUT2D eigenvalue weighted by Crippen LogP contribution is -2.39. The van der Waals surface area contributed by atoms with Crippen molar-refractivity contribution < 1.29 is 4.79 Å². The highest BCUT2D eigenvalue weighted by atomic mass is 32.1. The van der Waals surface area contributed by atoms with Gasteiger partial charge in [0.25, 0.3) is 0 Å². The first-order chi connectivity index (χ1) is 11.7. The van der Waals surface area contributed by atoms with Gasteiger partial charge in [0.2, 0.25) is 5.91 Å². The van der Waals surface area contributed by atoms with Crippen LogP contribution in [0.2, 0.25) is 0 Å². The standard InChI is InChI=1S/C18H22N4OS/c19-18(20-9-7-16-6-3-11-24-16)21-12-17(23)22-10-8-14-4-1-2-5-15(14)13-22/h1-6,11H,7-10,12-13H2,(H3,19,20,21). The summed E-state index contributed by atoms with van der Waals surface area (Å²) in [5.74, 6) is 0.352. The van der Waals surface area contributed by atoms with Crippen molar-refractivity contribution in [1.82, 2.24) is 10.2 Å². The van der Waals surface area contributed by atoms with E-state index >= 15 is 0 Å². The minimum atomic E-state index is 0.0208. The van der Waals surface area contributed by atoms with Gasteiger partial charge in [0, 0.05) is 24.5 Å². The summed E-state index contributed by atoms with van der Waals surface area (Å²) in [6.45, 7) is 2.23. The lowest BCUT2D eigenvalue weighted by molar-refractivity contribution is -0.130. The zero-order valence-corrected chi connectivity index (χ0v) is 14.4. The molecule has 2 aromatic rings. The minimum absolute atomic E-state index is 0.0208. The fourth-order valence-corrected chi connectivity index (χ4v) is 3.49. The van der Waals surface area contributed by atoms with Gasteiger partial charge in [0.05, 0.1) is 0 Å². The lowest BCUT2D eigenvalue weighted by Gasteiger charge is -2.28. The molecule has 0 aliphatic carbocycles. The van der Waals surface area contributed by atoms with E-state index in [2.05, 4.69) is 33.9 Å². The second-order valence-corrected chi connectivity index (χ2v) is 6.82. The molecule has 3 rings (SSSR count). The van der Waals surface area contributed by atoms with E-state index in [1.807, 2.05) is 23.1 Å². The zero-order chi connectivity index (χ0) is 16.8. The Bertz CT molecular complexity index is 712. The number of rotatable bonds is 5. The topological polar surface area (TPSA) is 70.7 Å². The summed E-state index contributed by atoms with van der Waals surface area (Å²) < 4.78 is 0. The molecule has 3 N–H and O–H groups in total. The van der Waals surface area contributed by atoms with E-state index in [1.54, 1.807) is 11.3 Å². The highest BCUT2D eigenvalue weighted by molar-refractivity contribution is 7.09. The Morgan fingerprint density at radius 2 is 2.08 bits per heavy atom. The van der Waals surface area contributed by atoms with Crippen LogP contribution in [0, 0.1) is 0 Å². The SMILES string of the molecule is NC(=NCC(=O)N1CCc2ccccc2C1)NCCc1cccs1. The largest absolute Gasteiger partial charge is 0.370 e. The van der Waals surface area contributed by atoms with Crippen molar-refractivity contribution in [2.75, 3.05) is 19.6 Å². The van der Waals surface area contributed by atoms with E-state index in [0.717, 1.165) is 25.9 Å². The molecule has 1 aliphatic rings. The van der Waals surface area contributed by atoms with Crippen LogP contribution in [0.25, 0.3) is 0 Å². The predicted molar refractivity (Wildman–Crippen MR) is 98.1 cm³/mol. The van der Waals surface area contributed by atoms with Crippen molar-refractivity contribution in [3.05, 3.63) is 57.8 Å². The molecule has 6 heteroatoms. The Labute approximate surface area is 146 Å². The first kappa shape index (κ1) is 16.5. The van der Waals surface area contributed by atoms with Gasteiger partial charge in [0.15, 0.2) is 5.96 Å². The maximum atomic E-state index is 12.3. The van der Waals surface area contributed by atoms with Crippen LogP contribution in [-0.2, 0) is 24.2 Å². The first-order valence-electron chi connectivity index (χ1n) is 8.13. The second kappa shape index (κ2) is 7.97. The number of thiophene rings is 1. The zero-order valence-electron chi connectivity index (χ0n) is 13.6. The summed E-state index contributed by atoms with van der Waals surface area (Å²) in [6.07, 6.45) is 1.81. The number of nitrogens with one attached hydrogen (secondary N) is 1. The van der Waals surface area contributed by atoms with Crippen molar-refractivity contribution in [1.29, 1.82) is 0 Å². The molecule has 24 heavy (non-hydrogen) atoms. The quantitative estimate of drug-likeness (QED) is 0.643. The Hall–Kier alpha value is -2.34. The van der Waals surface area contributed by atoms with Crippen LogP contribution in [-0.4, -0.2) is 36.4 Å². The average molecular weight is 342 g/mol. The number of amides is 1. The molecule has 1 aliphatic heterocycles. The van der Waals surface area contributed by atoms with Crippen molar-refractivity contribution >= 4 is 23.2 Å². The third kappa shape index (κ3) is 4.35. The van der Waals surface area contributed by atoms with Crippen LogP contribution < -0.4 is 11.1 Å². The average Bonchev–Trinajstić information content (AvgIpc) is 3.12. The number of fused-ring (bicyclic) bond motifs is 1. The maximum absolute atomic E-state index is 12.3. The maximum Gasteiger partial charge on any atom is 0.244 e. The Balaban J connectivity index is 1.44. The Kier molecular flexibility index (Phi) is 5.48. The molecule has 1 aromatic heterocycles. The van der Waals surface area contributed by atoms with Gasteiger partial charge in [-0.05, 0) is 35.4 Å². The summed E-state index contributed by atoms with van der Waals surface area (Å²) in [6, 6.07) is 12.4. The van der Waals surface area contributed by atoms with E-state index in [0.29, 0.717) is 12.5 Å². The van der Waals surface area contributed by atoms with Crippen LogP contribution in [0.3, 0.4) is 0 Å². The molecule has 5 nitrogen and oxygen atoms in total. The summed E-state index contributed by atoms with van der Waals surface area (Å²) >= 11 is 1.72. The lowest BCUT2D eigenvalue weighted by atomic mass is 10.00. The van der Waals surface area contributed by atoms with Gasteiger partial charge in [-0.1, -0.05) is 30.3 Å². The summed E-state index contributed by atoms with van der Waals surface area (Å²) in [4.78, 5) is 19.6. The van der Waals surface area contributed by atoms with Gasteiger partial charge >= 0.3 is 0 Å². The number of hydrogen-bond donors (Lipinski definition) is 2. The van der Waals surface area contributed by atoms with E-state index in [1.165, 1.54) is 16.0 Å². The van der Waals surface area contributed by atoms with Crippen LogP contribution in [0.4, 0.5) is 0 Å². The van der Waals surface area contributed by atoms with Crippen LogP contribution in [0.5, 0.6) is 0 Å². The first-order valence-corrected chi connectivity index (χ1v) is 9.01. The van der Waals surface area contributed by atoms with Crippen molar-refractivity contribution in [3.8, 4) is 0 Å². The van der Waals surface area contributed by atoms with Crippen molar-refractivity contribution in [2.45, 2.75) is 19.4 Å². The third-order valence-corrected chi connectivity index (χ3v) is 5.06. The van der Waals surface area contributed by atoms with Crippen molar-refractivity contribution in [3.63, 3.8) is 0 Å². The molecule has 0 spiro atoms. The molecule has 0 radical (unpaired) electrons. The van der Waals surface area contributed by atoms with Crippen LogP contribution in [0.15, 0.2) is 46.8 Å². The van der Waals surface area contributed by atoms with Crippen LogP contribution >= 0.6 is 11.3 Å². The summed E-state index contributed by atoms with van der Waals surface area (Å²) in [7, 11) is 0. The normalized spacial score (nSPS) is 14.3. The van der Waals surface area contributed by atoms with Gasteiger partial charge in [0.1, 0.15) is 6.54 Å². The van der Waals surface area contributed by atoms with E-state index in [-0.39, 0.29) is 12.5 Å². The molecule has 1 amide bonds. The van der Waals surface area contributed by atoms with E-state index in [4.69, 9.17) is 5.73 Å². The number of hydrogen-bond acceptors (Lipinski definition) is 3. The molecule has 0 saturated carbocycles. The molecule has 0 atom stereocenters.